The van der Waals surface area contributed by atoms with Crippen molar-refractivity contribution in [1.82, 2.24) is 4.90 Å². The van der Waals surface area contributed by atoms with Crippen molar-refractivity contribution in [2.45, 2.75) is 31.7 Å². The summed E-state index contributed by atoms with van der Waals surface area (Å²) in [5, 5.41) is 8.35. The van der Waals surface area contributed by atoms with E-state index in [9.17, 15) is 4.79 Å². The average Bonchev–Trinajstić information content (AvgIpc) is 2.75. The van der Waals surface area contributed by atoms with Crippen LogP contribution in [0.15, 0.2) is 24.3 Å². The number of carbonyl (C=O) groups is 1. The van der Waals surface area contributed by atoms with Crippen molar-refractivity contribution >= 4 is 23.3 Å². The minimum absolute atomic E-state index is 0.0444. The molecule has 1 saturated heterocycles. The smallest absolute Gasteiger partial charge is 0.229 e. The number of likely N-dealkylation sites (tertiary alicyclic amines) is 1. The van der Waals surface area contributed by atoms with Gasteiger partial charge in [0, 0.05) is 30.5 Å². The van der Waals surface area contributed by atoms with Crippen molar-refractivity contribution in [2.24, 2.45) is 5.73 Å². The molecule has 1 aromatic carbocycles. The fraction of sp³-hybridized carbons (Fsp3) is 0.429. The maximum atomic E-state index is 12.0. The number of carbonyl (C=O) groups excluding carboxylic acids is 1. The van der Waals surface area contributed by atoms with Gasteiger partial charge in [0.05, 0.1) is 0 Å². The standard InChI is InChI=1S/C14H18ClN3O/c15-11-4-1-3-10(7-11)8-12(16)9-14(19)18-6-2-5-13(18)17/h1,3-4,7,12,17H,2,5-6,8-9,16H2/t12-/m1/s1. The lowest BCUT2D eigenvalue weighted by atomic mass is 10.0. The molecule has 1 fully saturated rings. The molecule has 1 aromatic rings. The highest BCUT2D eigenvalue weighted by molar-refractivity contribution is 6.30. The predicted molar refractivity (Wildman–Crippen MR) is 76.4 cm³/mol. The molecule has 0 radical (unpaired) electrons. The van der Waals surface area contributed by atoms with Gasteiger partial charge in [-0.1, -0.05) is 23.7 Å². The highest BCUT2D eigenvalue weighted by atomic mass is 35.5. The average molecular weight is 280 g/mol. The van der Waals surface area contributed by atoms with Gasteiger partial charge in [0.15, 0.2) is 0 Å². The maximum Gasteiger partial charge on any atom is 0.229 e. The van der Waals surface area contributed by atoms with E-state index >= 15 is 0 Å². The van der Waals surface area contributed by atoms with Crippen molar-refractivity contribution in [3.8, 4) is 0 Å². The monoisotopic (exact) mass is 279 g/mol. The number of nitrogens with one attached hydrogen (secondary N) is 1. The quantitative estimate of drug-likeness (QED) is 0.887. The van der Waals surface area contributed by atoms with E-state index in [4.69, 9.17) is 22.7 Å². The lowest BCUT2D eigenvalue weighted by Gasteiger charge is -2.18. The fourth-order valence-corrected chi connectivity index (χ4v) is 2.54. The van der Waals surface area contributed by atoms with E-state index in [1.165, 1.54) is 4.90 Å². The zero-order chi connectivity index (χ0) is 13.8. The molecular weight excluding hydrogens is 262 g/mol. The summed E-state index contributed by atoms with van der Waals surface area (Å²) in [5.74, 6) is 0.372. The number of amides is 1. The Morgan fingerprint density at radius 3 is 2.95 bits per heavy atom. The van der Waals surface area contributed by atoms with Crippen LogP contribution >= 0.6 is 11.6 Å². The number of nitrogens with two attached hydrogens (primary N) is 1. The molecule has 0 aromatic heterocycles. The first-order valence-corrected chi connectivity index (χ1v) is 6.82. The molecule has 0 spiro atoms. The third-order valence-electron chi connectivity index (χ3n) is 3.25. The molecule has 2 rings (SSSR count). The number of halogens is 1. The topological polar surface area (TPSA) is 70.2 Å². The van der Waals surface area contributed by atoms with Crippen LogP contribution in [0.25, 0.3) is 0 Å². The Labute approximate surface area is 118 Å². The van der Waals surface area contributed by atoms with E-state index < -0.39 is 0 Å². The van der Waals surface area contributed by atoms with Crippen LogP contribution in [-0.2, 0) is 11.2 Å². The summed E-state index contributed by atoms with van der Waals surface area (Å²) in [5.41, 5.74) is 7.04. The van der Waals surface area contributed by atoms with Gasteiger partial charge < -0.3 is 10.6 Å². The zero-order valence-electron chi connectivity index (χ0n) is 10.7. The van der Waals surface area contributed by atoms with Crippen LogP contribution in [0.4, 0.5) is 0 Å². The molecule has 0 aliphatic carbocycles. The number of amidine groups is 1. The van der Waals surface area contributed by atoms with Gasteiger partial charge in [-0.3, -0.25) is 10.2 Å². The zero-order valence-corrected chi connectivity index (χ0v) is 11.5. The molecule has 102 valence electrons. The van der Waals surface area contributed by atoms with E-state index in [0.717, 1.165) is 12.0 Å². The molecule has 0 unspecified atom stereocenters. The first kappa shape index (κ1) is 14.0. The number of benzene rings is 1. The Balaban J connectivity index is 1.89. The molecular formula is C14H18ClN3O. The third kappa shape index (κ3) is 3.78. The van der Waals surface area contributed by atoms with Gasteiger partial charge in [-0.2, -0.15) is 0 Å². The second-order valence-corrected chi connectivity index (χ2v) is 5.33. The summed E-state index contributed by atoms with van der Waals surface area (Å²) in [6, 6.07) is 7.27. The van der Waals surface area contributed by atoms with Crippen molar-refractivity contribution in [2.75, 3.05) is 6.54 Å². The van der Waals surface area contributed by atoms with Gasteiger partial charge in [-0.05, 0) is 30.5 Å². The van der Waals surface area contributed by atoms with Crippen LogP contribution < -0.4 is 5.73 Å². The predicted octanol–water partition coefficient (Wildman–Crippen LogP) is 2.20. The first-order valence-electron chi connectivity index (χ1n) is 6.44. The Hall–Kier alpha value is -1.39. The number of rotatable bonds is 4. The summed E-state index contributed by atoms with van der Waals surface area (Å²) in [6.07, 6.45) is 2.46. The molecule has 1 aliphatic rings. The maximum absolute atomic E-state index is 12.0. The largest absolute Gasteiger partial charge is 0.327 e. The van der Waals surface area contributed by atoms with Crippen molar-refractivity contribution < 1.29 is 4.79 Å². The van der Waals surface area contributed by atoms with Crippen molar-refractivity contribution in [3.63, 3.8) is 0 Å². The van der Waals surface area contributed by atoms with Gasteiger partial charge in [0.1, 0.15) is 5.84 Å². The molecule has 1 heterocycles. The molecule has 5 heteroatoms. The summed E-state index contributed by atoms with van der Waals surface area (Å²) in [4.78, 5) is 13.5. The summed E-state index contributed by atoms with van der Waals surface area (Å²) >= 11 is 5.91. The van der Waals surface area contributed by atoms with Crippen molar-refractivity contribution in [3.05, 3.63) is 34.9 Å². The number of hydrogen-bond acceptors (Lipinski definition) is 3. The molecule has 1 amide bonds. The Morgan fingerprint density at radius 1 is 1.53 bits per heavy atom. The van der Waals surface area contributed by atoms with Gasteiger partial charge in [-0.15, -0.1) is 0 Å². The SMILES string of the molecule is N=C1CCCN1C(=O)C[C@H](N)Cc1cccc(Cl)c1. The van der Waals surface area contributed by atoms with Crippen molar-refractivity contribution in [1.29, 1.82) is 5.41 Å². The second-order valence-electron chi connectivity index (χ2n) is 4.89. The number of nitrogens with zero attached hydrogens (tertiary/aromatic N) is 1. The van der Waals surface area contributed by atoms with E-state index in [2.05, 4.69) is 0 Å². The first-order chi connectivity index (χ1) is 9.06. The van der Waals surface area contributed by atoms with Crippen LogP contribution in [0.3, 0.4) is 0 Å². The molecule has 3 N–H and O–H groups in total. The fourth-order valence-electron chi connectivity index (χ4n) is 2.32. The Bertz CT molecular complexity index is 489. The van der Waals surface area contributed by atoms with E-state index in [1.54, 1.807) is 0 Å². The molecule has 0 bridgehead atoms. The van der Waals surface area contributed by atoms with Crippen LogP contribution in [0, 0.1) is 5.41 Å². The second kappa shape index (κ2) is 6.17. The van der Waals surface area contributed by atoms with Crippen LogP contribution in [0.2, 0.25) is 5.02 Å². The van der Waals surface area contributed by atoms with Gasteiger partial charge >= 0.3 is 0 Å². The van der Waals surface area contributed by atoms with E-state index in [1.807, 2.05) is 24.3 Å². The highest BCUT2D eigenvalue weighted by Crippen LogP contribution is 2.15. The summed E-state index contributed by atoms with van der Waals surface area (Å²) in [6.45, 7) is 0.654. The highest BCUT2D eigenvalue weighted by Gasteiger charge is 2.24. The normalized spacial score (nSPS) is 16.7. The molecule has 19 heavy (non-hydrogen) atoms. The molecule has 1 atom stereocenters. The summed E-state index contributed by atoms with van der Waals surface area (Å²) in [7, 11) is 0. The lowest BCUT2D eigenvalue weighted by molar-refractivity contribution is -0.127. The molecule has 0 saturated carbocycles. The minimum Gasteiger partial charge on any atom is -0.327 e. The van der Waals surface area contributed by atoms with Gasteiger partial charge in [0.25, 0.3) is 0 Å². The Morgan fingerprint density at radius 2 is 2.32 bits per heavy atom. The van der Waals surface area contributed by atoms with Crippen LogP contribution in [0.1, 0.15) is 24.8 Å². The minimum atomic E-state index is -0.237. The lowest BCUT2D eigenvalue weighted by Crippen LogP contribution is -2.37. The van der Waals surface area contributed by atoms with E-state index in [-0.39, 0.29) is 18.4 Å². The Kier molecular flexibility index (Phi) is 4.56. The van der Waals surface area contributed by atoms with Crippen LogP contribution in [-0.4, -0.2) is 29.2 Å². The van der Waals surface area contributed by atoms with E-state index in [0.29, 0.717) is 30.2 Å². The van der Waals surface area contributed by atoms with Gasteiger partial charge in [0.2, 0.25) is 5.91 Å². The van der Waals surface area contributed by atoms with Gasteiger partial charge in [-0.25, -0.2) is 0 Å². The summed E-state index contributed by atoms with van der Waals surface area (Å²) < 4.78 is 0. The molecule has 4 nitrogen and oxygen atoms in total. The molecule has 1 aliphatic heterocycles. The number of hydrogen-bond donors (Lipinski definition) is 2. The third-order valence-corrected chi connectivity index (χ3v) is 3.48. The van der Waals surface area contributed by atoms with Crippen LogP contribution in [0.5, 0.6) is 0 Å².